The summed E-state index contributed by atoms with van der Waals surface area (Å²) >= 11 is 0. The van der Waals surface area contributed by atoms with Gasteiger partial charge in [-0.1, -0.05) is 6.92 Å². The molecule has 1 N–H and O–H groups in total. The highest BCUT2D eigenvalue weighted by Gasteiger charge is 2.19. The molecule has 0 aromatic carbocycles. The molecule has 0 amide bonds. The molecule has 2 rings (SSSR count). The molecule has 1 aromatic rings. The van der Waals surface area contributed by atoms with Crippen LogP contribution in [0, 0.1) is 6.92 Å². The summed E-state index contributed by atoms with van der Waals surface area (Å²) in [6.45, 7) is 6.16. The number of aryl methyl sites for hydroxylation is 1. The molecular formula is C14H22N2O. The zero-order valence-electron chi connectivity index (χ0n) is 10.8. The lowest BCUT2D eigenvalue weighted by Gasteiger charge is -2.26. The molecule has 1 aliphatic rings. The smallest absolute Gasteiger partial charge is 0.214 e. The molecule has 0 saturated heterocycles. The van der Waals surface area contributed by atoms with Crippen molar-refractivity contribution >= 4 is 0 Å². The van der Waals surface area contributed by atoms with Gasteiger partial charge in [-0.25, -0.2) is 4.98 Å². The Labute approximate surface area is 104 Å². The number of aromatic nitrogens is 1. The zero-order valence-corrected chi connectivity index (χ0v) is 10.8. The normalized spacial score (nSPS) is 15.6. The first-order valence-corrected chi connectivity index (χ1v) is 6.63. The van der Waals surface area contributed by atoms with Crippen LogP contribution in [0.4, 0.5) is 0 Å². The molecule has 0 bridgehead atoms. The van der Waals surface area contributed by atoms with Crippen LogP contribution in [-0.4, -0.2) is 17.6 Å². The number of hydrogen-bond acceptors (Lipinski definition) is 3. The third-order valence-corrected chi connectivity index (χ3v) is 3.09. The van der Waals surface area contributed by atoms with Gasteiger partial charge >= 0.3 is 0 Å². The van der Waals surface area contributed by atoms with Crippen molar-refractivity contribution in [3.63, 3.8) is 0 Å². The molecule has 94 valence electrons. The molecule has 17 heavy (non-hydrogen) atoms. The first-order valence-electron chi connectivity index (χ1n) is 6.63. The maximum Gasteiger partial charge on any atom is 0.214 e. The third-order valence-electron chi connectivity index (χ3n) is 3.09. The number of rotatable bonds is 6. The summed E-state index contributed by atoms with van der Waals surface area (Å²) in [5.74, 6) is 0.794. The highest BCUT2D eigenvalue weighted by atomic mass is 16.5. The van der Waals surface area contributed by atoms with Gasteiger partial charge in [-0.15, -0.1) is 0 Å². The first kappa shape index (κ1) is 12.4. The van der Waals surface area contributed by atoms with Gasteiger partial charge in [0, 0.05) is 18.3 Å². The maximum atomic E-state index is 5.84. The minimum atomic E-state index is 0.403. The Morgan fingerprint density at radius 2 is 2.24 bits per heavy atom. The van der Waals surface area contributed by atoms with E-state index >= 15 is 0 Å². The van der Waals surface area contributed by atoms with Crippen molar-refractivity contribution in [3.05, 3.63) is 23.4 Å². The van der Waals surface area contributed by atoms with Crippen molar-refractivity contribution < 1.29 is 4.74 Å². The van der Waals surface area contributed by atoms with E-state index in [0.29, 0.717) is 6.10 Å². The van der Waals surface area contributed by atoms with E-state index in [9.17, 15) is 0 Å². The van der Waals surface area contributed by atoms with E-state index in [-0.39, 0.29) is 0 Å². The zero-order chi connectivity index (χ0) is 12.1. The average molecular weight is 234 g/mol. The van der Waals surface area contributed by atoms with Gasteiger partial charge in [0.15, 0.2) is 0 Å². The minimum Gasteiger partial charge on any atom is -0.474 e. The summed E-state index contributed by atoms with van der Waals surface area (Å²) < 4.78 is 5.84. The van der Waals surface area contributed by atoms with Crippen LogP contribution >= 0.6 is 0 Å². The Kier molecular flexibility index (Phi) is 4.37. The lowest BCUT2D eigenvalue weighted by molar-refractivity contribution is 0.114. The first-order chi connectivity index (χ1) is 8.28. The SMILES string of the molecule is CCCNCc1cc(C)nc(OC2CCC2)c1. The van der Waals surface area contributed by atoms with Gasteiger partial charge in [0.2, 0.25) is 5.88 Å². The van der Waals surface area contributed by atoms with E-state index in [1.807, 2.05) is 6.92 Å². The van der Waals surface area contributed by atoms with Gasteiger partial charge in [-0.3, -0.25) is 0 Å². The minimum absolute atomic E-state index is 0.403. The second-order valence-electron chi connectivity index (χ2n) is 4.80. The molecule has 0 aliphatic heterocycles. The number of nitrogens with zero attached hydrogens (tertiary/aromatic N) is 1. The Morgan fingerprint density at radius 1 is 1.41 bits per heavy atom. The van der Waals surface area contributed by atoms with Crippen LogP contribution in [0.15, 0.2) is 12.1 Å². The van der Waals surface area contributed by atoms with Crippen LogP contribution in [0.1, 0.15) is 43.9 Å². The summed E-state index contributed by atoms with van der Waals surface area (Å²) in [5.41, 5.74) is 2.30. The summed E-state index contributed by atoms with van der Waals surface area (Å²) in [6, 6.07) is 4.18. The van der Waals surface area contributed by atoms with Crippen molar-refractivity contribution in [1.82, 2.24) is 10.3 Å². The molecule has 3 nitrogen and oxygen atoms in total. The van der Waals surface area contributed by atoms with E-state index in [1.54, 1.807) is 0 Å². The standard InChI is InChI=1S/C14H22N2O/c1-3-7-15-10-12-8-11(2)16-14(9-12)17-13-5-4-6-13/h8-9,13,15H,3-7,10H2,1-2H3. The third kappa shape index (κ3) is 3.70. The van der Waals surface area contributed by atoms with Crippen molar-refractivity contribution in [3.8, 4) is 5.88 Å². The van der Waals surface area contributed by atoms with Crippen LogP contribution in [-0.2, 0) is 6.54 Å². The van der Waals surface area contributed by atoms with E-state index < -0.39 is 0 Å². The molecule has 0 spiro atoms. The fourth-order valence-electron chi connectivity index (χ4n) is 1.94. The molecule has 0 unspecified atom stereocenters. The molecule has 1 saturated carbocycles. The quantitative estimate of drug-likeness (QED) is 0.769. The lowest BCUT2D eigenvalue weighted by Crippen LogP contribution is -2.25. The molecule has 0 atom stereocenters. The Balaban J connectivity index is 1.95. The summed E-state index contributed by atoms with van der Waals surface area (Å²) in [5, 5.41) is 3.40. The molecule has 1 aromatic heterocycles. The van der Waals surface area contributed by atoms with Crippen molar-refractivity contribution in [1.29, 1.82) is 0 Å². The monoisotopic (exact) mass is 234 g/mol. The van der Waals surface area contributed by atoms with E-state index in [1.165, 1.54) is 24.8 Å². The van der Waals surface area contributed by atoms with Crippen LogP contribution in [0.25, 0.3) is 0 Å². The molecule has 3 heteroatoms. The van der Waals surface area contributed by atoms with Crippen LogP contribution in [0.2, 0.25) is 0 Å². The fourth-order valence-corrected chi connectivity index (χ4v) is 1.94. The van der Waals surface area contributed by atoms with Gasteiger partial charge in [0.25, 0.3) is 0 Å². The molecule has 0 radical (unpaired) electrons. The molecule has 1 fully saturated rings. The highest BCUT2D eigenvalue weighted by molar-refractivity contribution is 5.24. The number of hydrogen-bond donors (Lipinski definition) is 1. The lowest BCUT2D eigenvalue weighted by atomic mass is 9.96. The Hall–Kier alpha value is -1.09. The van der Waals surface area contributed by atoms with Gasteiger partial charge in [0.1, 0.15) is 6.10 Å². The second kappa shape index (κ2) is 6.01. The van der Waals surface area contributed by atoms with Gasteiger partial charge in [-0.05, 0) is 50.8 Å². The van der Waals surface area contributed by atoms with Crippen molar-refractivity contribution in [2.24, 2.45) is 0 Å². The maximum absolute atomic E-state index is 5.84. The summed E-state index contributed by atoms with van der Waals surface area (Å²) in [6.07, 6.45) is 5.22. The predicted octanol–water partition coefficient (Wildman–Crippen LogP) is 2.82. The molecule has 1 aliphatic carbocycles. The Morgan fingerprint density at radius 3 is 2.88 bits per heavy atom. The highest BCUT2D eigenvalue weighted by Crippen LogP contribution is 2.24. The van der Waals surface area contributed by atoms with Gasteiger partial charge in [-0.2, -0.15) is 0 Å². The van der Waals surface area contributed by atoms with Crippen LogP contribution in [0.3, 0.4) is 0 Å². The summed E-state index contributed by atoms with van der Waals surface area (Å²) in [4.78, 5) is 4.43. The topological polar surface area (TPSA) is 34.2 Å². The Bertz CT molecular complexity index is 361. The second-order valence-corrected chi connectivity index (χ2v) is 4.80. The largest absolute Gasteiger partial charge is 0.474 e. The summed E-state index contributed by atoms with van der Waals surface area (Å²) in [7, 11) is 0. The predicted molar refractivity (Wildman–Crippen MR) is 69.2 cm³/mol. The van der Waals surface area contributed by atoms with Crippen molar-refractivity contribution in [2.75, 3.05) is 6.54 Å². The van der Waals surface area contributed by atoms with E-state index in [4.69, 9.17) is 4.74 Å². The van der Waals surface area contributed by atoms with E-state index in [0.717, 1.165) is 31.1 Å². The number of pyridine rings is 1. The van der Waals surface area contributed by atoms with Crippen molar-refractivity contribution in [2.45, 2.75) is 52.2 Å². The molecular weight excluding hydrogens is 212 g/mol. The van der Waals surface area contributed by atoms with Crippen LogP contribution < -0.4 is 10.1 Å². The van der Waals surface area contributed by atoms with Gasteiger partial charge in [0.05, 0.1) is 0 Å². The molecule has 1 heterocycles. The fraction of sp³-hybridized carbons (Fsp3) is 0.643. The van der Waals surface area contributed by atoms with Gasteiger partial charge < -0.3 is 10.1 Å². The number of ether oxygens (including phenoxy) is 1. The van der Waals surface area contributed by atoms with E-state index in [2.05, 4.69) is 29.4 Å². The number of nitrogens with one attached hydrogen (secondary N) is 1. The average Bonchev–Trinajstić information content (AvgIpc) is 2.23. The van der Waals surface area contributed by atoms with Crippen LogP contribution in [0.5, 0.6) is 5.88 Å².